The lowest BCUT2D eigenvalue weighted by molar-refractivity contribution is 0.216. The largest absolute Gasteiger partial charge is 0.354 e. The molecule has 0 aliphatic carbocycles. The molecule has 1 saturated heterocycles. The Morgan fingerprint density at radius 1 is 0.889 bits per heavy atom. The number of likely N-dealkylation sites (N-methyl/N-ethyl adjacent to an activating group) is 1. The van der Waals surface area contributed by atoms with E-state index in [0.29, 0.717) is 0 Å². The van der Waals surface area contributed by atoms with Crippen molar-refractivity contribution < 1.29 is 0 Å². The number of halogens is 3. The normalized spacial score (nSPS) is 16.9. The molecule has 0 unspecified atom stereocenters. The Hall–Kier alpha value is -1.52. The Morgan fingerprint density at radius 2 is 1.56 bits per heavy atom. The van der Waals surface area contributed by atoms with Crippen LogP contribution in [0.4, 0.5) is 5.69 Å². The van der Waals surface area contributed by atoms with Gasteiger partial charge in [0, 0.05) is 42.3 Å². The minimum Gasteiger partial charge on any atom is -0.354 e. The zero-order chi connectivity index (χ0) is 17.2. The Labute approximate surface area is 178 Å². The molecule has 0 N–H and O–H groups in total. The average Bonchev–Trinajstić information content (AvgIpc) is 2.83. The Balaban J connectivity index is 0.00000131. The second-order valence-corrected chi connectivity index (χ2v) is 7.06. The summed E-state index contributed by atoms with van der Waals surface area (Å²) in [6.45, 7) is 4.07. The summed E-state index contributed by atoms with van der Waals surface area (Å²) >= 11 is 6.53. The summed E-state index contributed by atoms with van der Waals surface area (Å²) in [5.74, 6) is 1.05. The van der Waals surface area contributed by atoms with Crippen LogP contribution in [0.5, 0.6) is 0 Å². The summed E-state index contributed by atoms with van der Waals surface area (Å²) in [6, 6.07) is 16.5. The van der Waals surface area contributed by atoms with Crippen molar-refractivity contribution in [2.24, 2.45) is 4.99 Å². The van der Waals surface area contributed by atoms with Crippen LogP contribution in [-0.4, -0.2) is 48.9 Å². The molecular formula is C21H24Cl3N3. The van der Waals surface area contributed by atoms with Crippen molar-refractivity contribution in [1.82, 2.24) is 9.80 Å². The highest BCUT2D eigenvalue weighted by Crippen LogP contribution is 2.32. The van der Waals surface area contributed by atoms with Crippen molar-refractivity contribution in [2.45, 2.75) is 6.42 Å². The van der Waals surface area contributed by atoms with Crippen molar-refractivity contribution in [1.29, 1.82) is 0 Å². The number of allylic oxidation sites excluding steroid dienone is 1. The van der Waals surface area contributed by atoms with E-state index in [1.54, 1.807) is 0 Å². The second-order valence-electron chi connectivity index (χ2n) is 6.66. The van der Waals surface area contributed by atoms with Crippen LogP contribution in [0.1, 0.15) is 11.1 Å². The van der Waals surface area contributed by atoms with Gasteiger partial charge in [-0.05, 0) is 31.2 Å². The third-order valence-electron chi connectivity index (χ3n) is 4.95. The first-order valence-corrected chi connectivity index (χ1v) is 9.16. The first-order chi connectivity index (χ1) is 12.2. The van der Waals surface area contributed by atoms with Crippen LogP contribution in [0.25, 0.3) is 5.57 Å². The predicted molar refractivity (Wildman–Crippen MR) is 120 cm³/mol. The smallest absolute Gasteiger partial charge is 0.136 e. The quantitative estimate of drug-likeness (QED) is 0.634. The second kappa shape index (κ2) is 9.61. The molecule has 0 aromatic heterocycles. The van der Waals surface area contributed by atoms with E-state index >= 15 is 0 Å². The molecule has 1 fully saturated rings. The molecule has 2 aliphatic heterocycles. The maximum Gasteiger partial charge on any atom is 0.136 e. The summed E-state index contributed by atoms with van der Waals surface area (Å²) in [4.78, 5) is 9.85. The van der Waals surface area contributed by atoms with Crippen molar-refractivity contribution in [3.8, 4) is 0 Å². The van der Waals surface area contributed by atoms with E-state index in [0.717, 1.165) is 60.3 Å². The van der Waals surface area contributed by atoms with Crippen LogP contribution >= 0.6 is 36.4 Å². The number of aliphatic imine (C=N–C) groups is 1. The number of para-hydroxylation sites is 1. The Kier molecular flexibility index (Phi) is 7.75. The standard InChI is InChI=1S/C21H22ClN3.2ClH/c1-24-12-14-25(15-13-24)21-18(17-7-3-4-8-19(17)22)11-10-16-6-2-5-9-20(16)23-21;;/h2-9,11H,10,12-15H2,1H3;2*1H. The van der Waals surface area contributed by atoms with Gasteiger partial charge in [0.15, 0.2) is 0 Å². The third-order valence-corrected chi connectivity index (χ3v) is 5.28. The molecule has 4 rings (SSSR count). The minimum absolute atomic E-state index is 0. The lowest BCUT2D eigenvalue weighted by atomic mass is 10.0. The van der Waals surface area contributed by atoms with Crippen molar-refractivity contribution in [3.63, 3.8) is 0 Å². The molecule has 0 bridgehead atoms. The van der Waals surface area contributed by atoms with Gasteiger partial charge in [-0.15, -0.1) is 24.8 Å². The number of benzene rings is 2. The van der Waals surface area contributed by atoms with Crippen LogP contribution in [0.15, 0.2) is 59.6 Å². The molecule has 2 aliphatic rings. The topological polar surface area (TPSA) is 18.8 Å². The fourth-order valence-corrected chi connectivity index (χ4v) is 3.68. The van der Waals surface area contributed by atoms with Crippen molar-refractivity contribution in [2.75, 3.05) is 33.2 Å². The number of rotatable bonds is 1. The van der Waals surface area contributed by atoms with Crippen LogP contribution in [0, 0.1) is 0 Å². The summed E-state index contributed by atoms with van der Waals surface area (Å²) in [7, 11) is 2.17. The van der Waals surface area contributed by atoms with Gasteiger partial charge in [0.1, 0.15) is 5.84 Å². The third kappa shape index (κ3) is 4.67. The SMILES string of the molecule is CN1CCN(C2=Nc3ccccc3CC=C2c2ccccc2Cl)CC1.Cl.Cl. The minimum atomic E-state index is 0. The molecule has 0 atom stereocenters. The van der Waals surface area contributed by atoms with Gasteiger partial charge in [-0.1, -0.05) is 54.1 Å². The van der Waals surface area contributed by atoms with Crippen LogP contribution in [0.3, 0.4) is 0 Å². The Morgan fingerprint density at radius 3 is 2.30 bits per heavy atom. The number of piperazine rings is 1. The van der Waals surface area contributed by atoms with E-state index in [4.69, 9.17) is 16.6 Å². The molecule has 144 valence electrons. The fraction of sp³-hybridized carbons (Fsp3) is 0.286. The summed E-state index contributed by atoms with van der Waals surface area (Å²) < 4.78 is 0. The van der Waals surface area contributed by atoms with Crippen LogP contribution in [0.2, 0.25) is 5.02 Å². The van der Waals surface area contributed by atoms with Gasteiger partial charge < -0.3 is 9.80 Å². The van der Waals surface area contributed by atoms with Crippen molar-refractivity contribution >= 4 is 53.5 Å². The van der Waals surface area contributed by atoms with Gasteiger partial charge in [-0.3, -0.25) is 0 Å². The van der Waals surface area contributed by atoms with Crippen LogP contribution in [-0.2, 0) is 6.42 Å². The molecule has 2 aromatic carbocycles. The molecule has 0 spiro atoms. The average molecular weight is 425 g/mol. The summed E-state index contributed by atoms with van der Waals surface area (Å²) in [5.41, 5.74) is 4.53. The van der Waals surface area contributed by atoms with E-state index < -0.39 is 0 Å². The van der Waals surface area contributed by atoms with Gasteiger partial charge in [-0.25, -0.2) is 4.99 Å². The van der Waals surface area contributed by atoms with Gasteiger partial charge in [0.25, 0.3) is 0 Å². The fourth-order valence-electron chi connectivity index (χ4n) is 3.44. The molecule has 3 nitrogen and oxygen atoms in total. The lowest BCUT2D eigenvalue weighted by Crippen LogP contribution is -2.47. The number of hydrogen-bond acceptors (Lipinski definition) is 3. The maximum absolute atomic E-state index is 6.53. The number of amidine groups is 1. The molecule has 6 heteroatoms. The molecule has 2 heterocycles. The van der Waals surface area contributed by atoms with E-state index in [1.807, 2.05) is 18.2 Å². The van der Waals surface area contributed by atoms with E-state index in [-0.39, 0.29) is 24.8 Å². The lowest BCUT2D eigenvalue weighted by Gasteiger charge is -2.35. The van der Waals surface area contributed by atoms with Crippen LogP contribution < -0.4 is 0 Å². The summed E-state index contributed by atoms with van der Waals surface area (Å²) in [5, 5.41) is 0.779. The molecule has 27 heavy (non-hydrogen) atoms. The first kappa shape index (κ1) is 21.8. The van der Waals surface area contributed by atoms with Gasteiger partial charge in [0.2, 0.25) is 0 Å². The Bertz CT molecular complexity index is 840. The van der Waals surface area contributed by atoms with E-state index in [1.165, 1.54) is 5.56 Å². The van der Waals surface area contributed by atoms with E-state index in [9.17, 15) is 0 Å². The van der Waals surface area contributed by atoms with Crippen molar-refractivity contribution in [3.05, 3.63) is 70.8 Å². The number of hydrogen-bond donors (Lipinski definition) is 0. The highest BCUT2D eigenvalue weighted by atomic mass is 35.5. The number of nitrogens with zero attached hydrogens (tertiary/aromatic N) is 3. The van der Waals surface area contributed by atoms with E-state index in [2.05, 4.69) is 53.3 Å². The highest BCUT2D eigenvalue weighted by molar-refractivity contribution is 6.35. The monoisotopic (exact) mass is 423 g/mol. The van der Waals surface area contributed by atoms with Gasteiger partial charge in [0.05, 0.1) is 5.69 Å². The first-order valence-electron chi connectivity index (χ1n) is 8.78. The maximum atomic E-state index is 6.53. The zero-order valence-corrected chi connectivity index (χ0v) is 17.7. The highest BCUT2D eigenvalue weighted by Gasteiger charge is 2.24. The molecule has 2 aromatic rings. The molecule has 0 radical (unpaired) electrons. The number of fused-ring (bicyclic) bond motifs is 1. The molecule has 0 amide bonds. The molecular weight excluding hydrogens is 401 g/mol. The van der Waals surface area contributed by atoms with Gasteiger partial charge in [-0.2, -0.15) is 0 Å². The summed E-state index contributed by atoms with van der Waals surface area (Å²) in [6.07, 6.45) is 3.15. The predicted octanol–water partition coefficient (Wildman–Crippen LogP) is 5.10. The molecule has 0 saturated carbocycles. The zero-order valence-electron chi connectivity index (χ0n) is 15.3. The van der Waals surface area contributed by atoms with Gasteiger partial charge >= 0.3 is 0 Å².